The average molecular weight is 376 g/mol. The lowest BCUT2D eigenvalue weighted by molar-refractivity contribution is -0.140. The molecule has 0 saturated heterocycles. The van der Waals surface area contributed by atoms with Crippen molar-refractivity contribution in [2.45, 2.75) is 26.3 Å². The smallest absolute Gasteiger partial charge is 0.305 e. The fraction of sp³-hybridized carbons (Fsp3) is 0.217. The summed E-state index contributed by atoms with van der Waals surface area (Å²) in [6, 6.07) is 19.7. The van der Waals surface area contributed by atoms with Gasteiger partial charge in [0, 0.05) is 23.5 Å². The highest BCUT2D eigenvalue weighted by atomic mass is 16.5. The molecule has 0 fully saturated rings. The molecule has 0 aliphatic rings. The van der Waals surface area contributed by atoms with Gasteiger partial charge in [-0.2, -0.15) is 0 Å². The van der Waals surface area contributed by atoms with Gasteiger partial charge in [-0.15, -0.1) is 0 Å². The van der Waals surface area contributed by atoms with Crippen molar-refractivity contribution in [2.24, 2.45) is 5.73 Å². The second-order valence-corrected chi connectivity index (χ2v) is 6.66. The topological polar surface area (TPSA) is 74.3 Å². The molecule has 5 heteroatoms. The van der Waals surface area contributed by atoms with Crippen molar-refractivity contribution in [3.63, 3.8) is 0 Å². The number of hydrogen-bond donors (Lipinski definition) is 1. The molecular formula is C23H24N2O3. The van der Waals surface area contributed by atoms with Gasteiger partial charge >= 0.3 is 5.97 Å². The van der Waals surface area contributed by atoms with Crippen molar-refractivity contribution in [3.05, 3.63) is 83.2 Å². The zero-order valence-corrected chi connectivity index (χ0v) is 16.1. The van der Waals surface area contributed by atoms with E-state index in [-0.39, 0.29) is 12.4 Å². The Morgan fingerprint density at radius 3 is 2.18 bits per heavy atom. The molecule has 0 atom stereocenters. The molecule has 0 aliphatic heterocycles. The van der Waals surface area contributed by atoms with Crippen LogP contribution in [0.3, 0.4) is 0 Å². The molecule has 0 radical (unpaired) electrons. The molecule has 5 nitrogen and oxygen atoms in total. The summed E-state index contributed by atoms with van der Waals surface area (Å²) in [6.07, 6.45) is 0.685. The molecule has 0 aliphatic carbocycles. The van der Waals surface area contributed by atoms with Gasteiger partial charge in [0.05, 0.1) is 19.1 Å². The summed E-state index contributed by atoms with van der Waals surface area (Å²) in [4.78, 5) is 24.2. The maximum atomic E-state index is 12.3. The van der Waals surface area contributed by atoms with Gasteiger partial charge in [0.25, 0.3) is 5.91 Å². The Hall–Kier alpha value is -3.34. The first kappa shape index (κ1) is 19.4. The number of aromatic nitrogens is 1. The van der Waals surface area contributed by atoms with E-state index in [4.69, 9.17) is 10.5 Å². The third kappa shape index (κ3) is 3.98. The summed E-state index contributed by atoms with van der Waals surface area (Å²) in [7, 11) is 1.38. The molecule has 3 aromatic rings. The van der Waals surface area contributed by atoms with Crippen LogP contribution in [0.2, 0.25) is 0 Å². The van der Waals surface area contributed by atoms with E-state index in [0.29, 0.717) is 18.5 Å². The molecule has 0 unspecified atom stereocenters. The lowest BCUT2D eigenvalue weighted by Crippen LogP contribution is -2.13. The monoisotopic (exact) mass is 376 g/mol. The molecule has 2 N–H and O–H groups in total. The highest BCUT2D eigenvalue weighted by Crippen LogP contribution is 2.34. The predicted octanol–water partition coefficient (Wildman–Crippen LogP) is 3.72. The number of benzene rings is 2. The number of ether oxygens (including phenoxy) is 1. The Balaban J connectivity index is 2.19. The highest BCUT2D eigenvalue weighted by molar-refractivity contribution is 6.02. The van der Waals surface area contributed by atoms with Crippen molar-refractivity contribution >= 4 is 11.9 Å². The normalized spacial score (nSPS) is 10.6. The summed E-state index contributed by atoms with van der Waals surface area (Å²) in [5.74, 6) is -0.757. The van der Waals surface area contributed by atoms with E-state index in [1.807, 2.05) is 67.6 Å². The second-order valence-electron chi connectivity index (χ2n) is 6.66. The number of hydrogen-bond acceptors (Lipinski definition) is 3. The zero-order chi connectivity index (χ0) is 20.1. The van der Waals surface area contributed by atoms with E-state index in [0.717, 1.165) is 28.1 Å². The SMILES string of the molecule is COC(=O)CCc1c(-c2ccccc2)c(C(N)=O)c(C)n1Cc1ccccc1. The van der Waals surface area contributed by atoms with E-state index in [1.165, 1.54) is 7.11 Å². The van der Waals surface area contributed by atoms with Crippen molar-refractivity contribution < 1.29 is 14.3 Å². The van der Waals surface area contributed by atoms with Gasteiger partial charge < -0.3 is 15.0 Å². The van der Waals surface area contributed by atoms with Crippen molar-refractivity contribution in [1.82, 2.24) is 4.57 Å². The number of carbonyl (C=O) groups is 2. The number of methoxy groups -OCH3 is 1. The number of primary amides is 1. The van der Waals surface area contributed by atoms with Crippen molar-refractivity contribution in [2.75, 3.05) is 7.11 Å². The van der Waals surface area contributed by atoms with Gasteiger partial charge in [0.2, 0.25) is 0 Å². The molecule has 144 valence electrons. The minimum atomic E-state index is -0.470. The van der Waals surface area contributed by atoms with Crippen LogP contribution in [0.1, 0.15) is 33.7 Å². The molecule has 3 rings (SSSR count). The van der Waals surface area contributed by atoms with Crippen LogP contribution in [0.25, 0.3) is 11.1 Å². The van der Waals surface area contributed by atoms with Crippen LogP contribution in [0.15, 0.2) is 60.7 Å². The second kappa shape index (κ2) is 8.57. The quantitative estimate of drug-likeness (QED) is 0.639. The van der Waals surface area contributed by atoms with E-state index in [2.05, 4.69) is 4.57 Å². The largest absolute Gasteiger partial charge is 0.469 e. The van der Waals surface area contributed by atoms with E-state index >= 15 is 0 Å². The highest BCUT2D eigenvalue weighted by Gasteiger charge is 2.25. The first-order chi connectivity index (χ1) is 13.5. The fourth-order valence-electron chi connectivity index (χ4n) is 3.58. The van der Waals surface area contributed by atoms with Crippen LogP contribution >= 0.6 is 0 Å². The number of nitrogens with two attached hydrogens (primary N) is 1. The maximum Gasteiger partial charge on any atom is 0.305 e. The Kier molecular flexibility index (Phi) is 5.94. The third-order valence-electron chi connectivity index (χ3n) is 4.92. The molecule has 1 amide bonds. The molecule has 1 aromatic heterocycles. The number of amides is 1. The van der Waals surface area contributed by atoms with E-state index in [1.54, 1.807) is 0 Å². The number of nitrogens with zero attached hydrogens (tertiary/aromatic N) is 1. The van der Waals surface area contributed by atoms with Crippen molar-refractivity contribution in [3.8, 4) is 11.1 Å². The molecule has 0 spiro atoms. The van der Waals surface area contributed by atoms with Crippen LogP contribution in [-0.2, 0) is 22.5 Å². The maximum absolute atomic E-state index is 12.3. The number of esters is 1. The van der Waals surface area contributed by atoms with Crippen LogP contribution in [0.4, 0.5) is 0 Å². The molecule has 2 aromatic carbocycles. The number of carbonyl (C=O) groups excluding carboxylic acids is 2. The van der Waals surface area contributed by atoms with E-state index < -0.39 is 5.91 Å². The molecule has 28 heavy (non-hydrogen) atoms. The standard InChI is InChI=1S/C23H24N2O3/c1-16-21(23(24)27)22(18-11-7-4-8-12-18)19(13-14-20(26)28-2)25(16)15-17-9-5-3-6-10-17/h3-12H,13-15H2,1-2H3,(H2,24,27). The lowest BCUT2D eigenvalue weighted by atomic mass is 9.98. The minimum absolute atomic E-state index is 0.229. The van der Waals surface area contributed by atoms with Gasteiger partial charge in [-0.05, 0) is 24.5 Å². The summed E-state index contributed by atoms with van der Waals surface area (Å²) < 4.78 is 6.90. The minimum Gasteiger partial charge on any atom is -0.469 e. The predicted molar refractivity (Wildman–Crippen MR) is 109 cm³/mol. The van der Waals surface area contributed by atoms with Crippen molar-refractivity contribution in [1.29, 1.82) is 0 Å². The first-order valence-electron chi connectivity index (χ1n) is 9.20. The van der Waals surface area contributed by atoms with Crippen LogP contribution in [-0.4, -0.2) is 23.6 Å². The summed E-state index contributed by atoms with van der Waals surface area (Å²) in [5, 5.41) is 0. The Bertz CT molecular complexity index is 976. The first-order valence-corrected chi connectivity index (χ1v) is 9.20. The third-order valence-corrected chi connectivity index (χ3v) is 4.92. The summed E-state index contributed by atoms with van der Waals surface area (Å²) >= 11 is 0. The molecule has 0 saturated carbocycles. The molecule has 0 bridgehead atoms. The number of rotatable bonds is 7. The van der Waals surface area contributed by atoms with Gasteiger partial charge in [-0.3, -0.25) is 9.59 Å². The van der Waals surface area contributed by atoms with Crippen LogP contribution < -0.4 is 5.73 Å². The molecular weight excluding hydrogens is 352 g/mol. The lowest BCUT2D eigenvalue weighted by Gasteiger charge is -2.13. The fourth-order valence-corrected chi connectivity index (χ4v) is 3.58. The van der Waals surface area contributed by atoms with Gasteiger partial charge in [-0.1, -0.05) is 60.7 Å². The Labute approximate surface area is 164 Å². The Morgan fingerprint density at radius 2 is 1.61 bits per heavy atom. The molecule has 1 heterocycles. The zero-order valence-electron chi connectivity index (χ0n) is 16.1. The van der Waals surface area contributed by atoms with Crippen LogP contribution in [0, 0.1) is 6.92 Å². The summed E-state index contributed by atoms with van der Waals surface area (Å²) in [5.41, 5.74) is 10.8. The Morgan fingerprint density at radius 1 is 1.00 bits per heavy atom. The average Bonchev–Trinajstić information content (AvgIpc) is 2.99. The van der Waals surface area contributed by atoms with E-state index in [9.17, 15) is 9.59 Å². The van der Waals surface area contributed by atoms with Gasteiger partial charge in [0.1, 0.15) is 0 Å². The van der Waals surface area contributed by atoms with Crippen LogP contribution in [0.5, 0.6) is 0 Å². The summed E-state index contributed by atoms with van der Waals surface area (Å²) in [6.45, 7) is 2.49. The van der Waals surface area contributed by atoms with Gasteiger partial charge in [-0.25, -0.2) is 0 Å². The van der Waals surface area contributed by atoms with Gasteiger partial charge in [0.15, 0.2) is 0 Å².